The average molecular weight is 349 g/mol. The van der Waals surface area contributed by atoms with E-state index in [0.717, 1.165) is 10.4 Å². The van der Waals surface area contributed by atoms with Gasteiger partial charge in [-0.05, 0) is 36.4 Å². The van der Waals surface area contributed by atoms with Crippen molar-refractivity contribution < 1.29 is 12.8 Å². The fourth-order valence-corrected chi connectivity index (χ4v) is 3.44. The molecule has 1 aromatic heterocycles. The lowest BCUT2D eigenvalue weighted by atomic mass is 10.3. The van der Waals surface area contributed by atoms with Crippen LogP contribution in [0.25, 0.3) is 11.0 Å². The fourth-order valence-electron chi connectivity index (χ4n) is 2.22. The molecule has 2 aromatic carbocycles. The van der Waals surface area contributed by atoms with Gasteiger partial charge in [0.05, 0.1) is 21.6 Å². The van der Waals surface area contributed by atoms with Gasteiger partial charge in [0, 0.05) is 7.05 Å². The molecule has 0 aliphatic rings. The second kappa shape index (κ2) is 5.60. The summed E-state index contributed by atoms with van der Waals surface area (Å²) in [5, 5.41) is 0. The van der Waals surface area contributed by atoms with Gasteiger partial charge in [-0.1, -0.05) is 6.07 Å². The minimum absolute atomic E-state index is 0.107. The fraction of sp³-hybridized carbons (Fsp3) is 0.0667. The molecular formula is C15H12FN3O4S. The highest BCUT2D eigenvalue weighted by Crippen LogP contribution is 2.23. The summed E-state index contributed by atoms with van der Waals surface area (Å²) in [5.41, 5.74) is -1.07. The molecule has 3 rings (SSSR count). The summed E-state index contributed by atoms with van der Waals surface area (Å²) in [6.07, 6.45) is 0. The number of rotatable bonds is 3. The molecule has 0 aliphatic carbocycles. The lowest BCUT2D eigenvalue weighted by Crippen LogP contribution is -2.29. The normalized spacial score (nSPS) is 11.6. The van der Waals surface area contributed by atoms with Gasteiger partial charge in [-0.15, -0.1) is 0 Å². The van der Waals surface area contributed by atoms with Crippen molar-refractivity contribution in [2.24, 2.45) is 0 Å². The predicted octanol–water partition coefficient (Wildman–Crippen LogP) is 1.18. The first kappa shape index (κ1) is 15.9. The summed E-state index contributed by atoms with van der Waals surface area (Å²) in [6.45, 7) is 0. The van der Waals surface area contributed by atoms with E-state index in [1.807, 2.05) is 0 Å². The number of nitrogens with one attached hydrogen (secondary N) is 2. The molecule has 0 aliphatic heterocycles. The molecule has 0 atom stereocenters. The second-order valence-electron chi connectivity index (χ2n) is 5.07. The highest BCUT2D eigenvalue weighted by atomic mass is 32.2. The molecule has 0 unspecified atom stereocenters. The molecule has 0 bridgehead atoms. The van der Waals surface area contributed by atoms with Crippen molar-refractivity contribution in [2.75, 3.05) is 11.4 Å². The molecule has 7 nitrogen and oxygen atoms in total. The van der Waals surface area contributed by atoms with Gasteiger partial charge in [0.15, 0.2) is 0 Å². The van der Waals surface area contributed by atoms with Crippen LogP contribution in [-0.4, -0.2) is 25.4 Å². The van der Waals surface area contributed by atoms with Crippen LogP contribution < -0.4 is 15.4 Å². The van der Waals surface area contributed by atoms with Crippen molar-refractivity contribution in [1.82, 2.24) is 9.97 Å². The highest BCUT2D eigenvalue weighted by Gasteiger charge is 2.22. The van der Waals surface area contributed by atoms with E-state index in [2.05, 4.69) is 9.97 Å². The van der Waals surface area contributed by atoms with Crippen LogP contribution in [0.2, 0.25) is 0 Å². The molecule has 0 saturated carbocycles. The van der Waals surface area contributed by atoms with E-state index < -0.39 is 27.0 Å². The summed E-state index contributed by atoms with van der Waals surface area (Å²) in [5.74, 6) is -0.560. The first-order valence-electron chi connectivity index (χ1n) is 6.80. The van der Waals surface area contributed by atoms with Crippen LogP contribution in [0, 0.1) is 5.82 Å². The number of sulfonamides is 1. The van der Waals surface area contributed by atoms with Gasteiger partial charge < -0.3 is 9.97 Å². The molecule has 124 valence electrons. The molecule has 0 amide bonds. The lowest BCUT2D eigenvalue weighted by molar-refractivity contribution is 0.594. The van der Waals surface area contributed by atoms with Crippen molar-refractivity contribution in [3.05, 3.63) is 69.0 Å². The standard InChI is InChI=1S/C15H12FN3O4S/c1-19(10-4-2-3-9(16)7-10)24(22,23)11-5-6-12-13(8-11)18-15(21)14(20)17-12/h2-8H,1H3,(H,17,20)(H,18,21). The van der Waals surface area contributed by atoms with Crippen molar-refractivity contribution in [2.45, 2.75) is 4.90 Å². The summed E-state index contributed by atoms with van der Waals surface area (Å²) >= 11 is 0. The molecule has 24 heavy (non-hydrogen) atoms. The molecule has 1 heterocycles. The Morgan fingerprint density at radius 1 is 0.958 bits per heavy atom. The Labute approximate surface area is 135 Å². The van der Waals surface area contributed by atoms with Crippen LogP contribution in [0.4, 0.5) is 10.1 Å². The Bertz CT molecular complexity index is 1150. The zero-order valence-corrected chi connectivity index (χ0v) is 13.2. The number of nitrogens with zero attached hydrogens (tertiary/aromatic N) is 1. The Balaban J connectivity index is 2.12. The van der Waals surface area contributed by atoms with Crippen molar-refractivity contribution >= 4 is 26.7 Å². The third kappa shape index (κ3) is 2.69. The largest absolute Gasteiger partial charge is 0.316 e. The maximum atomic E-state index is 13.3. The number of anilines is 1. The topological polar surface area (TPSA) is 103 Å². The number of hydrogen-bond donors (Lipinski definition) is 2. The maximum absolute atomic E-state index is 13.3. The molecule has 0 saturated heterocycles. The molecular weight excluding hydrogens is 337 g/mol. The van der Waals surface area contributed by atoms with Gasteiger partial charge in [-0.25, -0.2) is 12.8 Å². The van der Waals surface area contributed by atoms with Gasteiger partial charge >= 0.3 is 11.1 Å². The molecule has 0 radical (unpaired) electrons. The van der Waals surface area contributed by atoms with E-state index in [4.69, 9.17) is 0 Å². The van der Waals surface area contributed by atoms with Gasteiger partial charge in [-0.3, -0.25) is 13.9 Å². The predicted molar refractivity (Wildman–Crippen MR) is 87.2 cm³/mol. The first-order valence-corrected chi connectivity index (χ1v) is 8.24. The summed E-state index contributed by atoms with van der Waals surface area (Å²) in [7, 11) is -2.68. The van der Waals surface area contributed by atoms with E-state index in [9.17, 15) is 22.4 Å². The zero-order valence-electron chi connectivity index (χ0n) is 12.4. The lowest BCUT2D eigenvalue weighted by Gasteiger charge is -2.19. The third-order valence-electron chi connectivity index (χ3n) is 3.52. The SMILES string of the molecule is CN(c1cccc(F)c1)S(=O)(=O)c1ccc2[nH]c(=O)c(=O)[nH]c2c1. The van der Waals surface area contributed by atoms with Crippen LogP contribution >= 0.6 is 0 Å². The second-order valence-corrected chi connectivity index (χ2v) is 7.04. The van der Waals surface area contributed by atoms with Crippen LogP contribution in [-0.2, 0) is 10.0 Å². The average Bonchev–Trinajstić information content (AvgIpc) is 2.54. The van der Waals surface area contributed by atoms with E-state index in [0.29, 0.717) is 5.52 Å². The van der Waals surface area contributed by atoms with Crippen LogP contribution in [0.15, 0.2) is 56.9 Å². The number of hydrogen-bond acceptors (Lipinski definition) is 4. The number of benzene rings is 2. The molecule has 3 aromatic rings. The van der Waals surface area contributed by atoms with Crippen molar-refractivity contribution in [3.8, 4) is 0 Å². The van der Waals surface area contributed by atoms with Gasteiger partial charge in [0.25, 0.3) is 10.0 Å². The van der Waals surface area contributed by atoms with Gasteiger partial charge in [0.2, 0.25) is 0 Å². The molecule has 0 fully saturated rings. The van der Waals surface area contributed by atoms with E-state index >= 15 is 0 Å². The zero-order chi connectivity index (χ0) is 17.5. The quantitative estimate of drug-likeness (QED) is 0.693. The molecule has 0 spiro atoms. The molecule has 2 N–H and O–H groups in total. The summed E-state index contributed by atoms with van der Waals surface area (Å²) in [4.78, 5) is 27.2. The first-order chi connectivity index (χ1) is 11.3. The Hall–Kier alpha value is -2.94. The number of aromatic amines is 2. The van der Waals surface area contributed by atoms with Crippen LogP contribution in [0.3, 0.4) is 0 Å². The Morgan fingerprint density at radius 2 is 1.62 bits per heavy atom. The van der Waals surface area contributed by atoms with Crippen molar-refractivity contribution in [3.63, 3.8) is 0 Å². The van der Waals surface area contributed by atoms with Crippen LogP contribution in [0.5, 0.6) is 0 Å². The smallest absolute Gasteiger partial charge is 0.314 e. The van der Waals surface area contributed by atoms with E-state index in [1.54, 1.807) is 0 Å². The Kier molecular flexibility index (Phi) is 3.72. The number of fused-ring (bicyclic) bond motifs is 1. The van der Waals surface area contributed by atoms with E-state index in [1.165, 1.54) is 43.4 Å². The summed E-state index contributed by atoms with van der Waals surface area (Å²) < 4.78 is 39.6. The van der Waals surface area contributed by atoms with Gasteiger partial charge in [0.1, 0.15) is 5.82 Å². The Morgan fingerprint density at radius 3 is 2.29 bits per heavy atom. The van der Waals surface area contributed by atoms with E-state index in [-0.39, 0.29) is 16.1 Å². The number of H-pyrrole nitrogens is 2. The highest BCUT2D eigenvalue weighted by molar-refractivity contribution is 7.92. The maximum Gasteiger partial charge on any atom is 0.314 e. The molecule has 9 heteroatoms. The van der Waals surface area contributed by atoms with Crippen molar-refractivity contribution in [1.29, 1.82) is 0 Å². The third-order valence-corrected chi connectivity index (χ3v) is 5.31. The summed E-state index contributed by atoms with van der Waals surface area (Å²) in [6, 6.07) is 9.07. The van der Waals surface area contributed by atoms with Crippen LogP contribution in [0.1, 0.15) is 0 Å². The monoisotopic (exact) mass is 349 g/mol. The number of halogens is 1. The van der Waals surface area contributed by atoms with Gasteiger partial charge in [-0.2, -0.15) is 0 Å². The minimum Gasteiger partial charge on any atom is -0.316 e. The number of aromatic nitrogens is 2. The minimum atomic E-state index is -3.97.